The lowest BCUT2D eigenvalue weighted by Crippen LogP contribution is -2.26. The highest BCUT2D eigenvalue weighted by atomic mass is 16.1. The van der Waals surface area contributed by atoms with Crippen LogP contribution in [0.15, 0.2) is 66.2 Å². The third kappa shape index (κ3) is 4.30. The molecule has 1 aliphatic rings. The lowest BCUT2D eigenvalue weighted by atomic mass is 10.2. The Kier molecular flexibility index (Phi) is 6.12. The zero-order valence-electron chi connectivity index (χ0n) is 21.5. The van der Waals surface area contributed by atoms with Crippen molar-refractivity contribution < 1.29 is 0 Å². The van der Waals surface area contributed by atoms with Crippen LogP contribution in [0, 0.1) is 0 Å². The monoisotopic (exact) mass is 510 g/mol. The topological polar surface area (TPSA) is 111 Å². The summed E-state index contributed by atoms with van der Waals surface area (Å²) >= 11 is 0. The molecule has 0 radical (unpaired) electrons. The second-order valence-corrected chi connectivity index (χ2v) is 9.49. The van der Waals surface area contributed by atoms with Gasteiger partial charge in [0.15, 0.2) is 11.5 Å². The van der Waals surface area contributed by atoms with Crippen molar-refractivity contribution in [3.8, 4) is 5.82 Å². The number of aryl methyl sites for hydroxylation is 1. The van der Waals surface area contributed by atoms with Crippen LogP contribution in [-0.2, 0) is 13.6 Å². The van der Waals surface area contributed by atoms with Crippen LogP contribution in [0.4, 0.5) is 17.5 Å². The quantitative estimate of drug-likeness (QED) is 0.306. The van der Waals surface area contributed by atoms with Crippen LogP contribution in [0.3, 0.4) is 0 Å². The van der Waals surface area contributed by atoms with Crippen molar-refractivity contribution in [3.63, 3.8) is 0 Å². The molecule has 0 amide bonds. The first kappa shape index (κ1) is 23.9. The molecule has 11 heteroatoms. The summed E-state index contributed by atoms with van der Waals surface area (Å²) in [5.74, 6) is 1.74. The Morgan fingerprint density at radius 3 is 2.89 bits per heavy atom. The van der Waals surface area contributed by atoms with Crippen LogP contribution in [-0.4, -0.2) is 64.7 Å². The Bertz CT molecular complexity index is 1700. The summed E-state index contributed by atoms with van der Waals surface area (Å²) < 4.78 is 5.15. The molecule has 1 saturated heterocycles. The van der Waals surface area contributed by atoms with Gasteiger partial charge >= 0.3 is 0 Å². The molecule has 11 nitrogen and oxygen atoms in total. The molecular formula is C27H30N10O. The normalized spacial score (nSPS) is 15.9. The fourth-order valence-corrected chi connectivity index (χ4v) is 5.05. The Balaban J connectivity index is 1.38. The van der Waals surface area contributed by atoms with E-state index in [1.165, 1.54) is 0 Å². The van der Waals surface area contributed by atoms with E-state index in [-0.39, 0.29) is 5.56 Å². The van der Waals surface area contributed by atoms with E-state index in [1.54, 1.807) is 21.6 Å². The number of benzene rings is 1. The number of rotatable bonds is 8. The highest BCUT2D eigenvalue weighted by molar-refractivity contribution is 5.83. The molecule has 1 fully saturated rings. The zero-order chi connectivity index (χ0) is 26.2. The van der Waals surface area contributed by atoms with E-state index in [2.05, 4.69) is 39.1 Å². The summed E-state index contributed by atoms with van der Waals surface area (Å²) in [5, 5.41) is 12.5. The van der Waals surface area contributed by atoms with Gasteiger partial charge in [0.2, 0.25) is 5.95 Å². The number of pyridine rings is 1. The van der Waals surface area contributed by atoms with E-state index in [9.17, 15) is 4.79 Å². The molecule has 5 aromatic rings. The molecule has 1 atom stereocenters. The second kappa shape index (κ2) is 9.75. The average Bonchev–Trinajstić information content (AvgIpc) is 3.61. The largest absolute Gasteiger partial charge is 0.366 e. The van der Waals surface area contributed by atoms with Crippen molar-refractivity contribution in [1.82, 2.24) is 39.0 Å². The number of fused-ring (bicyclic) bond motifs is 2. The van der Waals surface area contributed by atoms with Crippen molar-refractivity contribution >= 4 is 39.4 Å². The lowest BCUT2D eigenvalue weighted by molar-refractivity contribution is 0.356. The molecule has 1 aliphatic heterocycles. The predicted octanol–water partition coefficient (Wildman–Crippen LogP) is 3.30. The molecule has 0 saturated carbocycles. The average molecular weight is 511 g/mol. The van der Waals surface area contributed by atoms with Crippen LogP contribution in [0.1, 0.15) is 13.3 Å². The Hall–Kier alpha value is -4.51. The van der Waals surface area contributed by atoms with Gasteiger partial charge in [0.1, 0.15) is 11.2 Å². The Morgan fingerprint density at radius 2 is 2.08 bits per heavy atom. The van der Waals surface area contributed by atoms with Gasteiger partial charge in [-0.05, 0) is 43.3 Å². The summed E-state index contributed by atoms with van der Waals surface area (Å²) in [6.07, 6.45) is 6.13. The fraction of sp³-hybridized carbons (Fsp3) is 0.296. The summed E-state index contributed by atoms with van der Waals surface area (Å²) in [5.41, 5.74) is 2.13. The van der Waals surface area contributed by atoms with Crippen molar-refractivity contribution in [2.75, 3.05) is 30.3 Å². The minimum Gasteiger partial charge on any atom is -0.366 e. The molecule has 0 bridgehead atoms. The molecule has 2 N–H and O–H groups in total. The number of hydrogen-bond donors (Lipinski definition) is 2. The molecule has 0 unspecified atom stereocenters. The van der Waals surface area contributed by atoms with Crippen LogP contribution in [0.5, 0.6) is 0 Å². The first-order chi connectivity index (χ1) is 18.5. The summed E-state index contributed by atoms with van der Waals surface area (Å²) in [4.78, 5) is 29.8. The van der Waals surface area contributed by atoms with Gasteiger partial charge in [-0.15, -0.1) is 6.58 Å². The molecule has 194 valence electrons. The van der Waals surface area contributed by atoms with Crippen LogP contribution in [0.25, 0.3) is 27.8 Å². The SMILES string of the molecule is C=CCn1c(=O)c2cnc(Nc3ccc4c(cnn4C)c3)nc2n1-c1cccc(N[C@@H]2CCN(CC)C2)n1. The van der Waals surface area contributed by atoms with Gasteiger partial charge in [0.25, 0.3) is 5.56 Å². The highest BCUT2D eigenvalue weighted by Gasteiger charge is 2.22. The number of nitrogens with one attached hydrogen (secondary N) is 2. The Morgan fingerprint density at radius 1 is 1.18 bits per heavy atom. The molecule has 6 rings (SSSR count). The minimum absolute atomic E-state index is 0.197. The maximum atomic E-state index is 13.3. The first-order valence-electron chi connectivity index (χ1n) is 12.8. The van der Waals surface area contributed by atoms with Crippen LogP contribution in [0.2, 0.25) is 0 Å². The zero-order valence-corrected chi connectivity index (χ0v) is 21.5. The van der Waals surface area contributed by atoms with Gasteiger partial charge in [-0.2, -0.15) is 10.1 Å². The van der Waals surface area contributed by atoms with Crippen LogP contribution >= 0.6 is 0 Å². The number of aromatic nitrogens is 7. The summed E-state index contributed by atoms with van der Waals surface area (Å²) in [6.45, 7) is 9.44. The number of nitrogens with zero attached hydrogens (tertiary/aromatic N) is 8. The van der Waals surface area contributed by atoms with Crippen LogP contribution < -0.4 is 16.2 Å². The summed E-state index contributed by atoms with van der Waals surface area (Å²) in [6, 6.07) is 12.0. The third-order valence-electron chi connectivity index (χ3n) is 7.00. The number of likely N-dealkylation sites (N-methyl/N-ethyl adjacent to an activating group) is 1. The smallest absolute Gasteiger partial charge is 0.278 e. The number of likely N-dealkylation sites (tertiary alicyclic amines) is 1. The molecule has 1 aromatic carbocycles. The van der Waals surface area contributed by atoms with E-state index in [1.807, 2.05) is 54.3 Å². The third-order valence-corrected chi connectivity index (χ3v) is 7.00. The maximum absolute atomic E-state index is 13.3. The van der Waals surface area contributed by atoms with E-state index in [0.717, 1.165) is 48.5 Å². The van der Waals surface area contributed by atoms with E-state index >= 15 is 0 Å². The van der Waals surface area contributed by atoms with E-state index in [0.29, 0.717) is 35.4 Å². The van der Waals surface area contributed by atoms with Gasteiger partial charge < -0.3 is 15.5 Å². The fourth-order valence-electron chi connectivity index (χ4n) is 5.05. The first-order valence-corrected chi connectivity index (χ1v) is 12.8. The number of anilines is 3. The molecule has 0 aliphatic carbocycles. The number of hydrogen-bond acceptors (Lipinski definition) is 8. The van der Waals surface area contributed by atoms with E-state index < -0.39 is 0 Å². The number of allylic oxidation sites excluding steroid dienone is 1. The standard InChI is InChI=1S/C27H30N10O/c1-4-12-36-26(38)21-16-28-27(31-19-9-10-22-18(14-19)15-29-34(22)3)33-25(21)37(36)24-8-6-7-23(32-24)30-20-11-13-35(5-2)17-20/h4,6-10,14-16,20H,1,5,11-13,17H2,2-3H3,(H,30,32)(H,28,31,33)/t20-/m1/s1. The van der Waals surface area contributed by atoms with Crippen molar-refractivity contribution in [1.29, 1.82) is 0 Å². The minimum atomic E-state index is -0.197. The Labute approximate surface area is 219 Å². The van der Waals surface area contributed by atoms with Crippen molar-refractivity contribution in [2.24, 2.45) is 7.05 Å². The second-order valence-electron chi connectivity index (χ2n) is 9.49. The lowest BCUT2D eigenvalue weighted by Gasteiger charge is -2.16. The molecule has 0 spiro atoms. The maximum Gasteiger partial charge on any atom is 0.278 e. The van der Waals surface area contributed by atoms with Gasteiger partial charge in [-0.25, -0.2) is 19.3 Å². The molecule has 38 heavy (non-hydrogen) atoms. The molecular weight excluding hydrogens is 480 g/mol. The predicted molar refractivity (Wildman–Crippen MR) is 149 cm³/mol. The van der Waals surface area contributed by atoms with E-state index in [4.69, 9.17) is 9.97 Å². The highest BCUT2D eigenvalue weighted by Crippen LogP contribution is 2.23. The van der Waals surface area contributed by atoms with Crippen molar-refractivity contribution in [2.45, 2.75) is 25.9 Å². The van der Waals surface area contributed by atoms with Crippen molar-refractivity contribution in [3.05, 3.63) is 71.8 Å². The summed E-state index contributed by atoms with van der Waals surface area (Å²) in [7, 11) is 1.91. The molecule has 5 heterocycles. The molecule has 4 aromatic heterocycles. The van der Waals surface area contributed by atoms with Gasteiger partial charge in [0.05, 0.1) is 18.3 Å². The van der Waals surface area contributed by atoms with Gasteiger partial charge in [0, 0.05) is 43.4 Å². The van der Waals surface area contributed by atoms with Gasteiger partial charge in [-0.1, -0.05) is 19.1 Å². The van der Waals surface area contributed by atoms with Gasteiger partial charge in [-0.3, -0.25) is 9.48 Å².